The minimum atomic E-state index is -4.51. The van der Waals surface area contributed by atoms with Crippen LogP contribution in [-0.2, 0) is 10.0 Å². The molecule has 1 saturated heterocycles. The SMILES string of the molecule is C=C(C)CCC1=C(CN2CCN(c3ccc(C(=O)NS(=O)(=O)c4ccc(N)c([N+](=O)[O-])c4)c(Oc4cnc5[nH]ccc5c4)c3)CC2)CCC(C)(C)C1. The van der Waals surface area contributed by atoms with Crippen LogP contribution in [0.3, 0.4) is 0 Å². The number of rotatable bonds is 12. The minimum absolute atomic E-state index is 0.0421. The number of pyridine rings is 1. The van der Waals surface area contributed by atoms with Crippen molar-refractivity contribution in [2.24, 2.45) is 5.41 Å². The van der Waals surface area contributed by atoms with Crippen LogP contribution in [-0.4, -0.2) is 66.8 Å². The van der Waals surface area contributed by atoms with Crippen LogP contribution >= 0.6 is 0 Å². The van der Waals surface area contributed by atoms with Gasteiger partial charge >= 0.3 is 0 Å². The highest BCUT2D eigenvalue weighted by Crippen LogP contribution is 2.41. The molecule has 2 aromatic heterocycles. The Morgan fingerprint density at radius 3 is 2.62 bits per heavy atom. The van der Waals surface area contributed by atoms with Gasteiger partial charge in [-0.05, 0) is 80.8 Å². The highest BCUT2D eigenvalue weighted by Gasteiger charge is 2.29. The Balaban J connectivity index is 1.22. The van der Waals surface area contributed by atoms with Gasteiger partial charge in [0.15, 0.2) is 0 Å². The summed E-state index contributed by atoms with van der Waals surface area (Å²) in [4.78, 5) is 35.9. The number of ether oxygens (including phenoxy) is 1. The van der Waals surface area contributed by atoms with Crippen LogP contribution in [0.2, 0.25) is 0 Å². The normalized spacial score (nSPS) is 16.6. The van der Waals surface area contributed by atoms with Gasteiger partial charge in [0.25, 0.3) is 21.6 Å². The highest BCUT2D eigenvalue weighted by atomic mass is 32.2. The molecule has 4 aromatic rings. The zero-order valence-electron chi connectivity index (χ0n) is 29.8. The van der Waals surface area contributed by atoms with Gasteiger partial charge in [0.2, 0.25) is 0 Å². The summed E-state index contributed by atoms with van der Waals surface area (Å²) in [7, 11) is -4.51. The van der Waals surface area contributed by atoms with Crippen LogP contribution in [0.5, 0.6) is 11.5 Å². The number of nitrogens with two attached hydrogens (primary N) is 1. The summed E-state index contributed by atoms with van der Waals surface area (Å²) in [5.74, 6) is -0.482. The van der Waals surface area contributed by atoms with Crippen LogP contribution in [0, 0.1) is 15.5 Å². The first-order valence-corrected chi connectivity index (χ1v) is 18.8. The molecule has 1 aliphatic carbocycles. The number of carbonyl (C=O) groups is 1. The predicted octanol–water partition coefficient (Wildman–Crippen LogP) is 6.95. The van der Waals surface area contributed by atoms with Crippen LogP contribution in [0.1, 0.15) is 63.2 Å². The maximum atomic E-state index is 13.6. The molecule has 0 radical (unpaired) electrons. The number of fused-ring (bicyclic) bond motifs is 1. The van der Waals surface area contributed by atoms with Crippen molar-refractivity contribution in [2.75, 3.05) is 43.4 Å². The molecule has 0 bridgehead atoms. The Bertz CT molecular complexity index is 2170. The van der Waals surface area contributed by atoms with Crippen molar-refractivity contribution in [2.45, 2.75) is 57.8 Å². The van der Waals surface area contributed by atoms with Gasteiger partial charge in [0.1, 0.15) is 22.8 Å². The number of amides is 1. The molecule has 3 heterocycles. The average molecular weight is 728 g/mol. The Labute approximate surface area is 303 Å². The number of carbonyl (C=O) groups excluding carboxylic acids is 1. The number of sulfonamides is 1. The standard InChI is InChI=1S/C38H45N7O6S/c1-25(2)5-6-27-22-38(3,4)13-11-28(27)24-43-15-17-44(18-16-43)29-7-9-32(35(20-29)51-30-19-26-12-14-40-36(26)41-23-30)37(46)42-52(49,50)31-8-10-33(39)34(21-31)45(47)48/h7-10,12,14,19-21,23H,1,5-6,11,13,15-18,22,24,39H2,2-4H3,(H,40,41)(H,42,46). The molecule has 6 rings (SSSR count). The Morgan fingerprint density at radius 1 is 1.12 bits per heavy atom. The van der Waals surface area contributed by atoms with E-state index in [0.29, 0.717) is 16.8 Å². The van der Waals surface area contributed by atoms with E-state index in [1.165, 1.54) is 24.3 Å². The number of hydrogen-bond donors (Lipinski definition) is 3. The number of nitrogen functional groups attached to an aromatic ring is 1. The van der Waals surface area contributed by atoms with Gasteiger partial charge in [-0.25, -0.2) is 18.1 Å². The van der Waals surface area contributed by atoms with Crippen molar-refractivity contribution in [3.8, 4) is 11.5 Å². The summed E-state index contributed by atoms with van der Waals surface area (Å²) in [6.07, 6.45) is 8.80. The smallest absolute Gasteiger partial charge is 0.293 e. The topological polar surface area (TPSA) is 177 Å². The number of aromatic amines is 1. The first kappa shape index (κ1) is 36.6. The molecular formula is C38H45N7O6S. The van der Waals surface area contributed by atoms with Crippen molar-refractivity contribution in [1.82, 2.24) is 19.6 Å². The lowest BCUT2D eigenvalue weighted by Gasteiger charge is -2.39. The fraction of sp³-hybridized carbons (Fsp3) is 0.368. The van der Waals surface area contributed by atoms with Gasteiger partial charge in [-0.3, -0.25) is 19.8 Å². The van der Waals surface area contributed by atoms with E-state index in [1.54, 1.807) is 35.5 Å². The van der Waals surface area contributed by atoms with Gasteiger partial charge in [-0.1, -0.05) is 30.6 Å². The fourth-order valence-electron chi connectivity index (χ4n) is 6.88. The summed E-state index contributed by atoms with van der Waals surface area (Å²) < 4.78 is 34.7. The number of anilines is 2. The molecule has 0 saturated carbocycles. The maximum Gasteiger partial charge on any atom is 0.293 e. The summed E-state index contributed by atoms with van der Waals surface area (Å²) in [5.41, 5.74) is 11.0. The lowest BCUT2D eigenvalue weighted by atomic mass is 9.73. The molecule has 0 unspecified atom stereocenters. The van der Waals surface area contributed by atoms with Crippen LogP contribution in [0.25, 0.3) is 11.0 Å². The van der Waals surface area contributed by atoms with Crippen molar-refractivity contribution in [3.05, 3.63) is 99.9 Å². The summed E-state index contributed by atoms with van der Waals surface area (Å²) in [6.45, 7) is 15.1. The molecule has 2 aromatic carbocycles. The molecule has 4 N–H and O–H groups in total. The third kappa shape index (κ3) is 8.45. The van der Waals surface area contributed by atoms with E-state index in [0.717, 1.165) is 87.7 Å². The molecule has 1 amide bonds. The fourth-order valence-corrected chi connectivity index (χ4v) is 7.86. The molecule has 13 nitrogen and oxygen atoms in total. The van der Waals surface area contributed by atoms with E-state index in [1.807, 2.05) is 10.8 Å². The lowest BCUT2D eigenvalue weighted by molar-refractivity contribution is -0.384. The molecule has 0 spiro atoms. The monoisotopic (exact) mass is 727 g/mol. The first-order valence-electron chi connectivity index (χ1n) is 17.3. The van der Waals surface area contributed by atoms with Gasteiger partial charge < -0.3 is 20.4 Å². The van der Waals surface area contributed by atoms with E-state index >= 15 is 0 Å². The summed E-state index contributed by atoms with van der Waals surface area (Å²) >= 11 is 0. The quantitative estimate of drug-likeness (QED) is 0.0599. The second-order valence-corrected chi connectivity index (χ2v) is 16.2. The number of aromatic nitrogens is 2. The number of piperazine rings is 1. The Hall–Kier alpha value is -5.21. The number of nitrogens with zero attached hydrogens (tertiary/aromatic N) is 4. The van der Waals surface area contributed by atoms with Gasteiger partial charge in [-0.15, -0.1) is 6.58 Å². The van der Waals surface area contributed by atoms with Crippen LogP contribution in [0.4, 0.5) is 17.1 Å². The van der Waals surface area contributed by atoms with Crippen molar-refractivity contribution in [3.63, 3.8) is 0 Å². The summed E-state index contributed by atoms with van der Waals surface area (Å²) in [5, 5.41) is 12.2. The number of allylic oxidation sites excluding steroid dienone is 2. The zero-order chi connectivity index (χ0) is 37.2. The van der Waals surface area contributed by atoms with E-state index in [2.05, 4.69) is 47.1 Å². The van der Waals surface area contributed by atoms with Crippen LogP contribution < -0.4 is 20.1 Å². The van der Waals surface area contributed by atoms with Gasteiger partial charge in [0.05, 0.1) is 21.6 Å². The van der Waals surface area contributed by atoms with E-state index < -0.39 is 31.4 Å². The number of nitro benzene ring substituents is 1. The lowest BCUT2D eigenvalue weighted by Crippen LogP contribution is -2.47. The second kappa shape index (κ2) is 14.8. The van der Waals surface area contributed by atoms with Crippen LogP contribution in [0.15, 0.2) is 89.1 Å². The molecule has 2 aliphatic rings. The molecule has 14 heteroatoms. The summed E-state index contributed by atoms with van der Waals surface area (Å²) in [6, 6.07) is 11.7. The molecule has 1 fully saturated rings. The maximum absolute atomic E-state index is 13.6. The Morgan fingerprint density at radius 2 is 1.88 bits per heavy atom. The molecule has 0 atom stereocenters. The third-order valence-corrected chi connectivity index (χ3v) is 11.2. The van der Waals surface area contributed by atoms with Gasteiger partial charge in [-0.2, -0.15) is 0 Å². The molecule has 274 valence electrons. The largest absolute Gasteiger partial charge is 0.455 e. The number of benzene rings is 2. The van der Waals surface area contributed by atoms with E-state index in [-0.39, 0.29) is 17.0 Å². The third-order valence-electron chi connectivity index (χ3n) is 9.85. The molecular weight excluding hydrogens is 683 g/mol. The number of nitrogens with one attached hydrogen (secondary N) is 2. The van der Waals surface area contributed by atoms with E-state index in [9.17, 15) is 23.3 Å². The van der Waals surface area contributed by atoms with Crippen molar-refractivity contribution in [1.29, 1.82) is 0 Å². The zero-order valence-corrected chi connectivity index (χ0v) is 30.6. The van der Waals surface area contributed by atoms with Gasteiger partial charge in [0, 0.05) is 62.1 Å². The minimum Gasteiger partial charge on any atom is -0.455 e. The van der Waals surface area contributed by atoms with Crippen molar-refractivity contribution < 1.29 is 22.9 Å². The Kier molecular flexibility index (Phi) is 10.4. The number of H-pyrrole nitrogens is 1. The second-order valence-electron chi connectivity index (χ2n) is 14.5. The highest BCUT2D eigenvalue weighted by molar-refractivity contribution is 7.90. The number of nitro groups is 1. The van der Waals surface area contributed by atoms with Crippen molar-refractivity contribution >= 4 is 44.0 Å². The molecule has 52 heavy (non-hydrogen) atoms. The first-order chi connectivity index (χ1) is 24.7. The average Bonchev–Trinajstić information content (AvgIpc) is 3.56. The molecule has 1 aliphatic heterocycles. The number of hydrogen-bond acceptors (Lipinski definition) is 10. The predicted molar refractivity (Wildman–Crippen MR) is 202 cm³/mol. The van der Waals surface area contributed by atoms with E-state index in [4.69, 9.17) is 10.5 Å².